The lowest BCUT2D eigenvalue weighted by Gasteiger charge is -2.53. The van der Waals surface area contributed by atoms with E-state index in [0.717, 1.165) is 62.3 Å². The second kappa shape index (κ2) is 10.2. The minimum atomic E-state index is -4.31. The predicted molar refractivity (Wildman–Crippen MR) is 140 cm³/mol. The average molecular weight is 530 g/mol. The summed E-state index contributed by atoms with van der Waals surface area (Å²) in [7, 11) is 0. The van der Waals surface area contributed by atoms with E-state index >= 15 is 0 Å². The van der Waals surface area contributed by atoms with Gasteiger partial charge in [0.05, 0.1) is 22.5 Å². The van der Waals surface area contributed by atoms with Gasteiger partial charge < -0.3 is 4.90 Å². The van der Waals surface area contributed by atoms with Crippen LogP contribution < -0.4 is 0 Å². The third-order valence-corrected chi connectivity index (χ3v) is 9.02. The van der Waals surface area contributed by atoms with Gasteiger partial charge in [-0.05, 0) is 77.0 Å². The Hall–Kier alpha value is -2.52. The maximum absolute atomic E-state index is 13.2. The molecule has 3 heterocycles. The van der Waals surface area contributed by atoms with Crippen molar-refractivity contribution < 1.29 is 18.0 Å². The summed E-state index contributed by atoms with van der Waals surface area (Å²) in [5.74, 6) is 0.532. The molecule has 206 valence electrons. The molecule has 0 bridgehead atoms. The van der Waals surface area contributed by atoms with Gasteiger partial charge in [0.1, 0.15) is 6.33 Å². The maximum Gasteiger partial charge on any atom is 0.416 e. The Balaban J connectivity index is 1.23. The van der Waals surface area contributed by atoms with Crippen molar-refractivity contribution in [2.24, 2.45) is 5.92 Å². The van der Waals surface area contributed by atoms with Crippen LogP contribution in [0.25, 0.3) is 0 Å². The van der Waals surface area contributed by atoms with Gasteiger partial charge in [-0.15, -0.1) is 0 Å². The first-order valence-electron chi connectivity index (χ1n) is 13.7. The van der Waals surface area contributed by atoms with Crippen molar-refractivity contribution in [1.82, 2.24) is 24.7 Å². The molecule has 38 heavy (non-hydrogen) atoms. The second-order valence-corrected chi connectivity index (χ2v) is 11.6. The van der Waals surface area contributed by atoms with Gasteiger partial charge in [0, 0.05) is 50.3 Å². The number of piperazine rings is 1. The number of amides is 1. The molecular weight excluding hydrogens is 491 g/mol. The molecule has 1 amide bonds. The number of carbonyl (C=O) groups excluding carboxylic acids is 1. The van der Waals surface area contributed by atoms with Crippen molar-refractivity contribution in [2.45, 2.75) is 77.2 Å². The van der Waals surface area contributed by atoms with Gasteiger partial charge >= 0.3 is 6.18 Å². The summed E-state index contributed by atoms with van der Waals surface area (Å²) in [6.45, 7) is 12.4. The Labute approximate surface area is 223 Å². The number of likely N-dealkylation sites (tertiary alicyclic amines) is 1. The monoisotopic (exact) mass is 529 g/mol. The molecule has 2 atom stereocenters. The molecule has 2 aliphatic heterocycles. The van der Waals surface area contributed by atoms with Gasteiger partial charge in [-0.25, -0.2) is 9.97 Å². The standard InChI is InChI=1S/C29H38F3N5O/c1-19-17-36(28(4)11-13-35(14-12-28)27(38)25-20(2)33-18-34-21(25)3)15-16-37(19)26(22-5-6-22)23-7-9-24(10-8-23)29(30,31)32/h7-10,18-19,22,26H,5-6,11-17H2,1-4H3/t19-,26?/m0/s1. The van der Waals surface area contributed by atoms with Gasteiger partial charge in [0.25, 0.3) is 5.91 Å². The van der Waals surface area contributed by atoms with Gasteiger partial charge in [0.15, 0.2) is 0 Å². The SMILES string of the molecule is Cc1ncnc(C)c1C(=O)N1CCC(C)(N2CCN(C(c3ccc(C(F)(F)F)cc3)C3CC3)[C@@H](C)C2)CC1. The number of hydrogen-bond acceptors (Lipinski definition) is 5. The van der Waals surface area contributed by atoms with Crippen LogP contribution in [0, 0.1) is 19.8 Å². The Bertz CT molecular complexity index is 1140. The summed E-state index contributed by atoms with van der Waals surface area (Å²) in [4.78, 5) is 28.7. The highest BCUT2D eigenvalue weighted by Crippen LogP contribution is 2.46. The first-order valence-corrected chi connectivity index (χ1v) is 13.7. The number of hydrogen-bond donors (Lipinski definition) is 0. The van der Waals surface area contributed by atoms with E-state index in [2.05, 4.69) is 33.6 Å². The zero-order valence-electron chi connectivity index (χ0n) is 22.8. The zero-order chi connectivity index (χ0) is 27.2. The summed E-state index contributed by atoms with van der Waals surface area (Å²) < 4.78 is 39.3. The van der Waals surface area contributed by atoms with Crippen molar-refractivity contribution >= 4 is 5.91 Å². The van der Waals surface area contributed by atoms with E-state index in [4.69, 9.17) is 0 Å². The number of aryl methyl sites for hydroxylation is 2. The number of rotatable bonds is 5. The summed E-state index contributed by atoms with van der Waals surface area (Å²) >= 11 is 0. The molecule has 3 fully saturated rings. The van der Waals surface area contributed by atoms with Crippen LogP contribution >= 0.6 is 0 Å². The fraction of sp³-hybridized carbons (Fsp3) is 0.621. The molecular formula is C29H38F3N5O. The summed E-state index contributed by atoms with van der Waals surface area (Å²) in [6.07, 6.45) is 1.26. The van der Waals surface area contributed by atoms with Crippen LogP contribution in [0.1, 0.15) is 78.4 Å². The van der Waals surface area contributed by atoms with Crippen LogP contribution in [0.5, 0.6) is 0 Å². The summed E-state index contributed by atoms with van der Waals surface area (Å²) in [5, 5.41) is 0. The van der Waals surface area contributed by atoms with E-state index in [9.17, 15) is 18.0 Å². The van der Waals surface area contributed by atoms with E-state index in [0.29, 0.717) is 30.6 Å². The Morgan fingerprint density at radius 3 is 2.13 bits per heavy atom. The first-order chi connectivity index (χ1) is 18.0. The molecule has 2 aromatic rings. The largest absolute Gasteiger partial charge is 0.416 e. The van der Waals surface area contributed by atoms with E-state index in [1.165, 1.54) is 18.5 Å². The van der Waals surface area contributed by atoms with Crippen molar-refractivity contribution in [2.75, 3.05) is 32.7 Å². The maximum atomic E-state index is 13.2. The molecule has 1 saturated carbocycles. The second-order valence-electron chi connectivity index (χ2n) is 11.6. The Kier molecular flexibility index (Phi) is 7.28. The molecule has 1 aromatic carbocycles. The Morgan fingerprint density at radius 1 is 1.00 bits per heavy atom. The molecule has 5 rings (SSSR count). The van der Waals surface area contributed by atoms with Crippen molar-refractivity contribution in [1.29, 1.82) is 0 Å². The average Bonchev–Trinajstić information content (AvgIpc) is 3.70. The number of nitrogens with zero attached hydrogens (tertiary/aromatic N) is 5. The first kappa shape index (κ1) is 27.1. The highest BCUT2D eigenvalue weighted by atomic mass is 19.4. The lowest BCUT2D eigenvalue weighted by Crippen LogP contribution is -2.62. The topological polar surface area (TPSA) is 52.6 Å². The van der Waals surface area contributed by atoms with Crippen LogP contribution in [0.4, 0.5) is 13.2 Å². The summed E-state index contributed by atoms with van der Waals surface area (Å²) in [5.41, 5.74) is 2.48. The third-order valence-electron chi connectivity index (χ3n) is 9.02. The molecule has 1 aromatic heterocycles. The minimum absolute atomic E-state index is 0.0117. The van der Waals surface area contributed by atoms with Crippen LogP contribution in [-0.2, 0) is 6.18 Å². The van der Waals surface area contributed by atoms with E-state index in [1.807, 2.05) is 18.7 Å². The molecule has 6 nitrogen and oxygen atoms in total. The fourth-order valence-corrected chi connectivity index (χ4v) is 6.46. The molecule has 3 aliphatic rings. The normalized spacial score (nSPS) is 23.9. The molecule has 0 N–H and O–H groups in total. The van der Waals surface area contributed by atoms with Gasteiger partial charge in [0.2, 0.25) is 0 Å². The van der Waals surface area contributed by atoms with E-state index < -0.39 is 11.7 Å². The number of halogens is 3. The molecule has 9 heteroatoms. The highest BCUT2D eigenvalue weighted by Gasteiger charge is 2.44. The van der Waals surface area contributed by atoms with Crippen molar-refractivity contribution in [3.63, 3.8) is 0 Å². The number of aromatic nitrogens is 2. The van der Waals surface area contributed by atoms with Crippen LogP contribution in [0.15, 0.2) is 30.6 Å². The molecule has 0 spiro atoms. The molecule has 1 aliphatic carbocycles. The smallest absolute Gasteiger partial charge is 0.338 e. The van der Waals surface area contributed by atoms with Gasteiger partial charge in [-0.1, -0.05) is 12.1 Å². The summed E-state index contributed by atoms with van der Waals surface area (Å²) in [6, 6.07) is 6.28. The minimum Gasteiger partial charge on any atom is -0.338 e. The lowest BCUT2D eigenvalue weighted by molar-refractivity contribution is -0.137. The molecule has 1 unspecified atom stereocenters. The van der Waals surface area contributed by atoms with Crippen molar-refractivity contribution in [3.05, 3.63) is 58.7 Å². The van der Waals surface area contributed by atoms with E-state index in [-0.39, 0.29) is 17.5 Å². The molecule has 0 radical (unpaired) electrons. The van der Waals surface area contributed by atoms with Crippen LogP contribution in [0.3, 0.4) is 0 Å². The predicted octanol–water partition coefficient (Wildman–Crippen LogP) is 5.26. The number of benzene rings is 1. The highest BCUT2D eigenvalue weighted by molar-refractivity contribution is 5.96. The van der Waals surface area contributed by atoms with Crippen molar-refractivity contribution in [3.8, 4) is 0 Å². The number of carbonyl (C=O) groups is 1. The van der Waals surface area contributed by atoms with Gasteiger partial charge in [-0.2, -0.15) is 13.2 Å². The quantitative estimate of drug-likeness (QED) is 0.529. The Morgan fingerprint density at radius 2 is 1.61 bits per heavy atom. The van der Waals surface area contributed by atoms with Crippen LogP contribution in [-0.4, -0.2) is 74.9 Å². The fourth-order valence-electron chi connectivity index (χ4n) is 6.46. The lowest BCUT2D eigenvalue weighted by atomic mass is 9.85. The van der Waals surface area contributed by atoms with E-state index in [1.54, 1.807) is 12.1 Å². The van der Waals surface area contributed by atoms with Gasteiger partial charge in [-0.3, -0.25) is 14.6 Å². The number of alkyl halides is 3. The third kappa shape index (κ3) is 5.32. The zero-order valence-corrected chi connectivity index (χ0v) is 22.8. The number of piperidine rings is 1. The molecule has 2 saturated heterocycles. The van der Waals surface area contributed by atoms with Crippen LogP contribution in [0.2, 0.25) is 0 Å².